The van der Waals surface area contributed by atoms with E-state index >= 15 is 0 Å². The highest BCUT2D eigenvalue weighted by Gasteiger charge is 2.48. The number of methoxy groups -OCH3 is 1. The highest BCUT2D eigenvalue weighted by Crippen LogP contribution is 2.42. The Hall–Kier alpha value is -3.74. The topological polar surface area (TPSA) is 176 Å². The van der Waals surface area contributed by atoms with Gasteiger partial charge in [0.1, 0.15) is 47.3 Å². The summed E-state index contributed by atoms with van der Waals surface area (Å²) in [5.41, 5.74) is 0.387. The number of benzene rings is 2. The van der Waals surface area contributed by atoms with Crippen molar-refractivity contribution in [2.45, 2.75) is 56.9 Å². The Morgan fingerprint density at radius 2 is 1.85 bits per heavy atom. The first-order chi connectivity index (χ1) is 19.0. The van der Waals surface area contributed by atoms with Crippen molar-refractivity contribution in [3.05, 3.63) is 75.1 Å². The maximum atomic E-state index is 13.0. The minimum Gasteiger partial charge on any atom is -0.507 e. The van der Waals surface area contributed by atoms with E-state index in [-0.39, 0.29) is 34.5 Å². The number of fused-ring (bicyclic) bond motifs is 1. The van der Waals surface area contributed by atoms with Gasteiger partial charge in [0, 0.05) is 18.6 Å². The number of hydrogen-bond acceptors (Lipinski definition) is 11. The number of aryl methyl sites for hydroxylation is 1. The van der Waals surface area contributed by atoms with E-state index in [0.29, 0.717) is 16.9 Å². The summed E-state index contributed by atoms with van der Waals surface area (Å²) in [4.78, 5) is 25.8. The smallest absolute Gasteiger partial charge is 0.331 e. The third kappa shape index (κ3) is 6.03. The van der Waals surface area contributed by atoms with Crippen LogP contribution in [0.3, 0.4) is 0 Å². The van der Waals surface area contributed by atoms with Gasteiger partial charge < -0.3 is 44.2 Å². The molecule has 6 atom stereocenters. The fraction of sp³-hybridized carbons (Fsp3) is 0.379. The molecule has 1 aliphatic rings. The summed E-state index contributed by atoms with van der Waals surface area (Å²) < 4.78 is 22.4. The first kappa shape index (κ1) is 29.2. The summed E-state index contributed by atoms with van der Waals surface area (Å²) in [6.45, 7) is 2.41. The molecule has 40 heavy (non-hydrogen) atoms. The zero-order valence-corrected chi connectivity index (χ0v) is 22.2. The SMILES string of the molecule is COc1ccc(C=CC(=O)O[C@@H]2[C@@H](O)[C@H](O)[C@@H](CO)O[C@H]2c2c(O)cc(C)c3c(=O)cc(C[C@H](C)O)oc23)cc1. The van der Waals surface area contributed by atoms with Gasteiger partial charge in [-0.15, -0.1) is 0 Å². The van der Waals surface area contributed by atoms with Crippen molar-refractivity contribution in [1.82, 2.24) is 0 Å². The number of aliphatic hydroxyl groups is 4. The maximum absolute atomic E-state index is 13.0. The largest absolute Gasteiger partial charge is 0.507 e. The molecule has 11 nitrogen and oxygen atoms in total. The van der Waals surface area contributed by atoms with Gasteiger partial charge in [-0.2, -0.15) is 0 Å². The number of ether oxygens (including phenoxy) is 3. The predicted octanol–water partition coefficient (Wildman–Crippen LogP) is 1.52. The van der Waals surface area contributed by atoms with Crippen molar-refractivity contribution in [3.8, 4) is 11.5 Å². The van der Waals surface area contributed by atoms with Crippen LogP contribution in [0.15, 0.2) is 51.7 Å². The van der Waals surface area contributed by atoms with E-state index in [2.05, 4.69) is 0 Å². The lowest BCUT2D eigenvalue weighted by Gasteiger charge is -2.42. The van der Waals surface area contributed by atoms with Crippen LogP contribution in [0.2, 0.25) is 0 Å². The van der Waals surface area contributed by atoms with E-state index in [9.17, 15) is 35.1 Å². The third-order valence-electron chi connectivity index (χ3n) is 6.70. The van der Waals surface area contributed by atoms with Crippen LogP contribution in [0.4, 0.5) is 0 Å². The second kappa shape index (κ2) is 12.2. The molecule has 1 fully saturated rings. The lowest BCUT2D eigenvalue weighted by atomic mass is 9.89. The summed E-state index contributed by atoms with van der Waals surface area (Å²) >= 11 is 0. The lowest BCUT2D eigenvalue weighted by molar-refractivity contribution is -0.239. The summed E-state index contributed by atoms with van der Waals surface area (Å²) in [5.74, 6) is -0.520. The van der Waals surface area contributed by atoms with Crippen molar-refractivity contribution >= 4 is 23.0 Å². The first-order valence-electron chi connectivity index (χ1n) is 12.7. The van der Waals surface area contributed by atoms with Crippen molar-refractivity contribution in [3.63, 3.8) is 0 Å². The fourth-order valence-corrected chi connectivity index (χ4v) is 4.75. The van der Waals surface area contributed by atoms with Crippen LogP contribution >= 0.6 is 0 Å². The quantitative estimate of drug-likeness (QED) is 0.201. The summed E-state index contributed by atoms with van der Waals surface area (Å²) in [6.07, 6.45) is -5.97. The number of carbonyl (C=O) groups excluding carboxylic acids is 1. The molecule has 0 radical (unpaired) electrons. The summed E-state index contributed by atoms with van der Waals surface area (Å²) in [7, 11) is 1.53. The molecule has 0 unspecified atom stereocenters. The van der Waals surface area contributed by atoms with Gasteiger partial charge >= 0.3 is 5.97 Å². The van der Waals surface area contributed by atoms with Crippen molar-refractivity contribution in [2.24, 2.45) is 0 Å². The number of hydrogen-bond donors (Lipinski definition) is 5. The number of phenolic OH excluding ortho intramolecular Hbond substituents is 1. The van der Waals surface area contributed by atoms with Gasteiger partial charge in [-0.1, -0.05) is 12.1 Å². The van der Waals surface area contributed by atoms with Crippen LogP contribution in [0, 0.1) is 6.92 Å². The molecule has 1 aromatic heterocycles. The minimum absolute atomic E-state index is 0.0000211. The standard InChI is InChI=1S/C29H32O11/c1-14-10-19(32)24(27-23(14)20(33)12-18(38-27)11-15(2)31)28-29(26(36)25(35)21(13-30)39-28)40-22(34)9-6-16-4-7-17(37-3)8-5-16/h4-10,12,15,21,25-26,28-32,35-36H,11,13H2,1-3H3/t15-,21+,25+,26-,28-,29+/m0/s1. The van der Waals surface area contributed by atoms with Crippen molar-refractivity contribution in [2.75, 3.05) is 13.7 Å². The predicted molar refractivity (Wildman–Crippen MR) is 143 cm³/mol. The molecule has 3 aromatic rings. The molecule has 0 amide bonds. The van der Waals surface area contributed by atoms with Gasteiger partial charge in [-0.05, 0) is 49.2 Å². The van der Waals surface area contributed by atoms with Gasteiger partial charge in [-0.25, -0.2) is 4.79 Å². The lowest BCUT2D eigenvalue weighted by Crippen LogP contribution is -2.56. The molecule has 1 aliphatic heterocycles. The van der Waals surface area contributed by atoms with Crippen molar-refractivity contribution in [1.29, 1.82) is 0 Å². The average Bonchev–Trinajstić information content (AvgIpc) is 2.90. The second-order valence-corrected chi connectivity index (χ2v) is 9.73. The van der Waals surface area contributed by atoms with Crippen LogP contribution in [0.25, 0.3) is 17.0 Å². The molecule has 4 rings (SSSR count). The van der Waals surface area contributed by atoms with E-state index < -0.39 is 54.6 Å². The first-order valence-corrected chi connectivity index (χ1v) is 12.7. The fourth-order valence-electron chi connectivity index (χ4n) is 4.75. The number of esters is 1. The molecule has 2 aromatic carbocycles. The molecule has 0 spiro atoms. The average molecular weight is 557 g/mol. The van der Waals surface area contributed by atoms with Gasteiger partial charge in [-0.3, -0.25) is 4.79 Å². The normalized spacial score (nSPS) is 23.8. The minimum atomic E-state index is -1.74. The molecule has 5 N–H and O–H groups in total. The van der Waals surface area contributed by atoms with Crippen LogP contribution in [-0.4, -0.2) is 75.7 Å². The monoisotopic (exact) mass is 556 g/mol. The molecular weight excluding hydrogens is 524 g/mol. The Bertz CT molecular complexity index is 1440. The van der Waals surface area contributed by atoms with Crippen molar-refractivity contribution < 1.29 is 49.0 Å². The Labute approximate surface area is 229 Å². The Morgan fingerprint density at radius 1 is 1.15 bits per heavy atom. The molecule has 11 heteroatoms. The molecule has 214 valence electrons. The molecule has 1 saturated heterocycles. The van der Waals surface area contributed by atoms with E-state index in [1.165, 1.54) is 32.2 Å². The number of carbonyl (C=O) groups is 1. The Balaban J connectivity index is 1.77. The Morgan fingerprint density at radius 3 is 2.48 bits per heavy atom. The van der Waals surface area contributed by atoms with Crippen LogP contribution in [0.1, 0.15) is 35.5 Å². The summed E-state index contributed by atoms with van der Waals surface area (Å²) in [6, 6.07) is 9.37. The van der Waals surface area contributed by atoms with Crippen LogP contribution in [-0.2, 0) is 20.7 Å². The zero-order chi connectivity index (χ0) is 29.1. The van der Waals surface area contributed by atoms with E-state index in [1.54, 1.807) is 31.2 Å². The highest BCUT2D eigenvalue weighted by molar-refractivity contribution is 5.88. The summed E-state index contributed by atoms with van der Waals surface area (Å²) in [5, 5.41) is 52.2. The van der Waals surface area contributed by atoms with Gasteiger partial charge in [0.2, 0.25) is 0 Å². The number of phenols is 1. The Kier molecular flexibility index (Phi) is 8.92. The second-order valence-electron chi connectivity index (χ2n) is 9.73. The van der Waals surface area contributed by atoms with Crippen LogP contribution in [0.5, 0.6) is 11.5 Å². The number of rotatable bonds is 8. The van der Waals surface area contributed by atoms with Gasteiger partial charge in [0.15, 0.2) is 11.5 Å². The number of aromatic hydroxyl groups is 1. The van der Waals surface area contributed by atoms with E-state index in [4.69, 9.17) is 18.6 Å². The van der Waals surface area contributed by atoms with Gasteiger partial charge in [0.05, 0.1) is 30.8 Å². The maximum Gasteiger partial charge on any atom is 0.331 e. The van der Waals surface area contributed by atoms with Crippen LogP contribution < -0.4 is 10.2 Å². The molecule has 0 bridgehead atoms. The van der Waals surface area contributed by atoms with Gasteiger partial charge in [0.25, 0.3) is 0 Å². The highest BCUT2D eigenvalue weighted by atomic mass is 16.6. The molecule has 0 aliphatic carbocycles. The zero-order valence-electron chi connectivity index (χ0n) is 22.2. The molecule has 2 heterocycles. The molecular formula is C29H32O11. The van der Waals surface area contributed by atoms with E-state index in [0.717, 1.165) is 6.08 Å². The third-order valence-corrected chi connectivity index (χ3v) is 6.70. The molecule has 0 saturated carbocycles. The van der Waals surface area contributed by atoms with E-state index in [1.807, 2.05) is 0 Å². The number of aliphatic hydroxyl groups excluding tert-OH is 4.